The highest BCUT2D eigenvalue weighted by Crippen LogP contribution is 2.17. The van der Waals surface area contributed by atoms with Crippen LogP contribution in [0.5, 0.6) is 5.75 Å². The minimum Gasteiger partial charge on any atom is -0.462 e. The maximum absolute atomic E-state index is 11.4. The Morgan fingerprint density at radius 3 is 2.35 bits per heavy atom. The highest BCUT2D eigenvalue weighted by molar-refractivity contribution is 5.89. The monoisotopic (exact) mass is 234 g/mol. The zero-order chi connectivity index (χ0) is 12.7. The van der Waals surface area contributed by atoms with Crippen molar-refractivity contribution < 1.29 is 14.3 Å². The highest BCUT2D eigenvalue weighted by Gasteiger charge is 2.06. The van der Waals surface area contributed by atoms with E-state index in [4.69, 9.17) is 9.47 Å². The molecule has 0 radical (unpaired) electrons. The number of benzene rings is 1. The van der Waals surface area contributed by atoms with E-state index in [1.165, 1.54) is 0 Å². The second-order valence-electron chi connectivity index (χ2n) is 3.46. The highest BCUT2D eigenvalue weighted by atomic mass is 16.5. The summed E-state index contributed by atoms with van der Waals surface area (Å²) in [4.78, 5) is 11.4. The SMILES string of the molecule is CC=C(CC)Oc1ccc(C(=O)OCC)cc1. The van der Waals surface area contributed by atoms with Gasteiger partial charge in [-0.05, 0) is 44.2 Å². The van der Waals surface area contributed by atoms with Gasteiger partial charge in [0, 0.05) is 6.42 Å². The molecule has 0 saturated carbocycles. The molecule has 0 aliphatic heterocycles. The molecule has 0 aromatic heterocycles. The molecule has 1 aromatic rings. The molecule has 0 amide bonds. The Hall–Kier alpha value is -1.77. The van der Waals surface area contributed by atoms with Gasteiger partial charge in [0.2, 0.25) is 0 Å². The molecule has 0 heterocycles. The van der Waals surface area contributed by atoms with Crippen LogP contribution in [0.1, 0.15) is 37.6 Å². The van der Waals surface area contributed by atoms with Gasteiger partial charge in [-0.25, -0.2) is 4.79 Å². The van der Waals surface area contributed by atoms with Crippen molar-refractivity contribution in [3.8, 4) is 5.75 Å². The molecule has 3 nitrogen and oxygen atoms in total. The van der Waals surface area contributed by atoms with Crippen molar-refractivity contribution in [1.29, 1.82) is 0 Å². The Bertz CT molecular complexity index is 390. The maximum atomic E-state index is 11.4. The van der Waals surface area contributed by atoms with Gasteiger partial charge in [0.15, 0.2) is 0 Å². The minimum absolute atomic E-state index is 0.305. The molecule has 0 bridgehead atoms. The molecule has 0 fully saturated rings. The molecular formula is C14H18O3. The Kier molecular flexibility index (Phi) is 5.27. The summed E-state index contributed by atoms with van der Waals surface area (Å²) in [6.07, 6.45) is 2.77. The van der Waals surface area contributed by atoms with Gasteiger partial charge in [0.25, 0.3) is 0 Å². The van der Waals surface area contributed by atoms with Gasteiger partial charge in [-0.15, -0.1) is 0 Å². The van der Waals surface area contributed by atoms with E-state index in [1.54, 1.807) is 31.2 Å². The molecule has 0 aliphatic rings. The van der Waals surface area contributed by atoms with Crippen LogP contribution >= 0.6 is 0 Å². The normalized spacial score (nSPS) is 11.1. The largest absolute Gasteiger partial charge is 0.462 e. The first-order chi connectivity index (χ1) is 8.21. The van der Waals surface area contributed by atoms with Crippen LogP contribution in [0.25, 0.3) is 0 Å². The van der Waals surface area contributed by atoms with E-state index in [2.05, 4.69) is 0 Å². The van der Waals surface area contributed by atoms with Crippen molar-refractivity contribution in [2.24, 2.45) is 0 Å². The lowest BCUT2D eigenvalue weighted by atomic mass is 10.2. The molecular weight excluding hydrogens is 216 g/mol. The van der Waals surface area contributed by atoms with Crippen molar-refractivity contribution in [3.05, 3.63) is 41.7 Å². The standard InChI is InChI=1S/C14H18O3/c1-4-12(5-2)17-13-9-7-11(8-10-13)14(15)16-6-3/h4,7-10H,5-6H2,1-3H3. The van der Waals surface area contributed by atoms with Crippen molar-refractivity contribution in [2.45, 2.75) is 27.2 Å². The van der Waals surface area contributed by atoms with E-state index < -0.39 is 0 Å². The lowest BCUT2D eigenvalue weighted by molar-refractivity contribution is 0.0526. The summed E-state index contributed by atoms with van der Waals surface area (Å²) in [6, 6.07) is 6.95. The number of carbonyl (C=O) groups excluding carboxylic acids is 1. The van der Waals surface area contributed by atoms with E-state index in [0.717, 1.165) is 17.9 Å². The zero-order valence-electron chi connectivity index (χ0n) is 10.5. The number of hydrogen-bond acceptors (Lipinski definition) is 3. The fourth-order valence-corrected chi connectivity index (χ4v) is 1.36. The Labute approximate surface area is 102 Å². The van der Waals surface area contributed by atoms with Crippen molar-refractivity contribution in [3.63, 3.8) is 0 Å². The van der Waals surface area contributed by atoms with Gasteiger partial charge in [0.1, 0.15) is 5.75 Å². The van der Waals surface area contributed by atoms with Crippen LogP contribution in [-0.2, 0) is 4.74 Å². The van der Waals surface area contributed by atoms with E-state index >= 15 is 0 Å². The lowest BCUT2D eigenvalue weighted by Crippen LogP contribution is -2.04. The summed E-state index contributed by atoms with van der Waals surface area (Å²) < 4.78 is 10.5. The predicted molar refractivity (Wildman–Crippen MR) is 67.1 cm³/mol. The van der Waals surface area contributed by atoms with Crippen LogP contribution in [0.2, 0.25) is 0 Å². The van der Waals surface area contributed by atoms with Crippen LogP contribution in [-0.4, -0.2) is 12.6 Å². The molecule has 0 atom stereocenters. The average molecular weight is 234 g/mol. The molecule has 0 saturated heterocycles. The van der Waals surface area contributed by atoms with Crippen molar-refractivity contribution in [1.82, 2.24) is 0 Å². The number of hydrogen-bond donors (Lipinski definition) is 0. The zero-order valence-corrected chi connectivity index (χ0v) is 10.5. The quantitative estimate of drug-likeness (QED) is 0.577. The summed E-state index contributed by atoms with van der Waals surface area (Å²) in [5.74, 6) is 1.34. The van der Waals surface area contributed by atoms with Crippen molar-refractivity contribution in [2.75, 3.05) is 6.61 Å². The van der Waals surface area contributed by atoms with Crippen LogP contribution < -0.4 is 4.74 Å². The third-order valence-corrected chi connectivity index (χ3v) is 2.28. The number of ether oxygens (including phenoxy) is 2. The molecule has 1 rings (SSSR count). The summed E-state index contributed by atoms with van der Waals surface area (Å²) in [6.45, 7) is 6.14. The second kappa shape index (κ2) is 6.74. The maximum Gasteiger partial charge on any atom is 0.338 e. The molecule has 17 heavy (non-hydrogen) atoms. The first-order valence-corrected chi connectivity index (χ1v) is 5.81. The molecule has 3 heteroatoms. The fraction of sp³-hybridized carbons (Fsp3) is 0.357. The first-order valence-electron chi connectivity index (χ1n) is 5.81. The van der Waals surface area contributed by atoms with Gasteiger partial charge in [0.05, 0.1) is 17.9 Å². The van der Waals surface area contributed by atoms with Crippen LogP contribution in [0.15, 0.2) is 36.1 Å². The Balaban J connectivity index is 2.71. The first kappa shape index (κ1) is 13.3. The van der Waals surface area contributed by atoms with E-state index in [0.29, 0.717) is 12.2 Å². The average Bonchev–Trinajstić information content (AvgIpc) is 2.37. The third-order valence-electron chi connectivity index (χ3n) is 2.28. The second-order valence-corrected chi connectivity index (χ2v) is 3.46. The fourth-order valence-electron chi connectivity index (χ4n) is 1.36. The van der Waals surface area contributed by atoms with E-state index in [9.17, 15) is 4.79 Å². The Morgan fingerprint density at radius 2 is 1.88 bits per heavy atom. The molecule has 0 N–H and O–H groups in total. The molecule has 1 aromatic carbocycles. The molecule has 0 aliphatic carbocycles. The molecule has 0 spiro atoms. The van der Waals surface area contributed by atoms with Gasteiger partial charge in [-0.2, -0.15) is 0 Å². The third kappa shape index (κ3) is 3.94. The van der Waals surface area contributed by atoms with Crippen LogP contribution in [0, 0.1) is 0 Å². The molecule has 92 valence electrons. The summed E-state index contributed by atoms with van der Waals surface area (Å²) in [5.41, 5.74) is 0.540. The summed E-state index contributed by atoms with van der Waals surface area (Å²) >= 11 is 0. The van der Waals surface area contributed by atoms with Crippen molar-refractivity contribution >= 4 is 5.97 Å². The van der Waals surface area contributed by atoms with E-state index in [-0.39, 0.29) is 5.97 Å². The van der Waals surface area contributed by atoms with Gasteiger partial charge in [-0.1, -0.05) is 6.92 Å². The summed E-state index contributed by atoms with van der Waals surface area (Å²) in [5, 5.41) is 0. The Morgan fingerprint density at radius 1 is 1.24 bits per heavy atom. The van der Waals surface area contributed by atoms with Gasteiger partial charge < -0.3 is 9.47 Å². The predicted octanol–water partition coefficient (Wildman–Crippen LogP) is 3.56. The number of esters is 1. The van der Waals surface area contributed by atoms with Crippen LogP contribution in [0.3, 0.4) is 0 Å². The van der Waals surface area contributed by atoms with Crippen LogP contribution in [0.4, 0.5) is 0 Å². The number of carbonyl (C=O) groups is 1. The van der Waals surface area contributed by atoms with Gasteiger partial charge >= 0.3 is 5.97 Å². The summed E-state index contributed by atoms with van der Waals surface area (Å²) in [7, 11) is 0. The van der Waals surface area contributed by atoms with Gasteiger partial charge in [-0.3, -0.25) is 0 Å². The number of rotatable bonds is 5. The smallest absolute Gasteiger partial charge is 0.338 e. The lowest BCUT2D eigenvalue weighted by Gasteiger charge is -2.08. The van der Waals surface area contributed by atoms with E-state index in [1.807, 2.05) is 19.9 Å². The topological polar surface area (TPSA) is 35.5 Å². The number of allylic oxidation sites excluding steroid dienone is 2. The molecule has 0 unspecified atom stereocenters. The minimum atomic E-state index is -0.305.